The maximum Gasteiger partial charge on any atom is 0.306 e. The van der Waals surface area contributed by atoms with E-state index in [1.807, 2.05) is 24.3 Å². The van der Waals surface area contributed by atoms with Gasteiger partial charge in [-0.05, 0) is 29.7 Å². The van der Waals surface area contributed by atoms with Crippen LogP contribution in [-0.4, -0.2) is 22.8 Å². The van der Waals surface area contributed by atoms with Gasteiger partial charge in [-0.15, -0.1) is 0 Å². The summed E-state index contributed by atoms with van der Waals surface area (Å²) in [6.45, 7) is 0. The maximum atomic E-state index is 13.1. The minimum absolute atomic E-state index is 0.142. The number of aromatic nitrogens is 1. The lowest BCUT2D eigenvalue weighted by molar-refractivity contribution is -0.140. The van der Waals surface area contributed by atoms with Gasteiger partial charge in [0.2, 0.25) is 11.2 Å². The summed E-state index contributed by atoms with van der Waals surface area (Å²) in [5, 5.41) is 11.6. The molecule has 1 N–H and O–H groups in total. The number of aryl methyl sites for hydroxylation is 1. The van der Waals surface area contributed by atoms with E-state index in [2.05, 4.69) is 0 Å². The molecule has 4 rings (SSSR count). The highest BCUT2D eigenvalue weighted by molar-refractivity contribution is 5.81. The zero-order chi connectivity index (χ0) is 21.4. The first-order valence-electron chi connectivity index (χ1n) is 9.32. The Morgan fingerprint density at radius 2 is 1.83 bits per heavy atom. The number of ether oxygens (including phenoxy) is 1. The Hall–Kier alpha value is -3.87. The molecule has 0 aliphatic heterocycles. The van der Waals surface area contributed by atoms with Gasteiger partial charge in [-0.3, -0.25) is 14.4 Å². The summed E-state index contributed by atoms with van der Waals surface area (Å²) >= 11 is 0. The standard InChI is InChI=1S/C23H19NO6/c1-24-17-9-5-3-7-13(17)11-16(23(24)28)15(12-19(25)29-2)22-21(27)20(26)14-8-4-6-10-18(14)30-22/h3-11,15,27H,12H2,1-2H3/t15-/m0/s1. The van der Waals surface area contributed by atoms with Crippen LogP contribution < -0.4 is 11.0 Å². The molecule has 0 saturated heterocycles. The second-order valence-corrected chi connectivity index (χ2v) is 7.00. The van der Waals surface area contributed by atoms with Crippen molar-refractivity contribution in [2.45, 2.75) is 12.3 Å². The predicted octanol–water partition coefficient (Wildman–Crippen LogP) is 3.05. The SMILES string of the molecule is COC(=O)C[C@H](c1oc2ccccc2c(=O)c1O)c1cc2ccccc2n(C)c1=O. The first-order chi connectivity index (χ1) is 14.4. The Kier molecular flexibility index (Phi) is 4.87. The van der Waals surface area contributed by atoms with E-state index in [9.17, 15) is 19.5 Å². The summed E-state index contributed by atoms with van der Waals surface area (Å²) in [6.07, 6.45) is -0.279. The number of hydrogen-bond acceptors (Lipinski definition) is 6. The lowest BCUT2D eigenvalue weighted by Gasteiger charge is -2.18. The Labute approximate surface area is 170 Å². The van der Waals surface area contributed by atoms with Crippen molar-refractivity contribution in [2.75, 3.05) is 7.11 Å². The number of aromatic hydroxyl groups is 1. The number of pyridine rings is 1. The molecule has 2 aromatic heterocycles. The quantitative estimate of drug-likeness (QED) is 0.524. The lowest BCUT2D eigenvalue weighted by atomic mass is 9.91. The van der Waals surface area contributed by atoms with Crippen molar-refractivity contribution in [1.82, 2.24) is 4.57 Å². The monoisotopic (exact) mass is 405 g/mol. The highest BCUT2D eigenvalue weighted by Crippen LogP contribution is 2.34. The molecular weight excluding hydrogens is 386 g/mol. The number of esters is 1. The van der Waals surface area contributed by atoms with E-state index >= 15 is 0 Å². The van der Waals surface area contributed by atoms with Crippen LogP contribution in [0.4, 0.5) is 0 Å². The van der Waals surface area contributed by atoms with E-state index in [1.54, 1.807) is 31.3 Å². The Morgan fingerprint density at radius 3 is 2.60 bits per heavy atom. The van der Waals surface area contributed by atoms with Crippen LogP contribution in [0.3, 0.4) is 0 Å². The van der Waals surface area contributed by atoms with Crippen molar-refractivity contribution in [2.24, 2.45) is 7.05 Å². The zero-order valence-corrected chi connectivity index (χ0v) is 16.4. The summed E-state index contributed by atoms with van der Waals surface area (Å²) in [5.74, 6) is -2.38. The fourth-order valence-electron chi connectivity index (χ4n) is 3.68. The van der Waals surface area contributed by atoms with Crippen LogP contribution in [0, 0.1) is 0 Å². The summed E-state index contributed by atoms with van der Waals surface area (Å²) in [6, 6.07) is 15.4. The van der Waals surface area contributed by atoms with Crippen molar-refractivity contribution in [3.05, 3.63) is 86.5 Å². The molecule has 0 radical (unpaired) electrons. The number of rotatable bonds is 4. The van der Waals surface area contributed by atoms with Crippen molar-refractivity contribution in [3.63, 3.8) is 0 Å². The molecule has 0 spiro atoms. The molecule has 0 aliphatic carbocycles. The molecule has 2 heterocycles. The molecule has 7 heteroatoms. The Morgan fingerprint density at radius 1 is 1.13 bits per heavy atom. The van der Waals surface area contributed by atoms with E-state index in [0.29, 0.717) is 5.52 Å². The first kappa shape index (κ1) is 19.4. The summed E-state index contributed by atoms with van der Waals surface area (Å²) in [7, 11) is 2.86. The number of nitrogens with zero attached hydrogens (tertiary/aromatic N) is 1. The van der Waals surface area contributed by atoms with Crippen LogP contribution in [0.5, 0.6) is 5.75 Å². The van der Waals surface area contributed by atoms with Gasteiger partial charge >= 0.3 is 5.97 Å². The Bertz CT molecular complexity index is 1400. The molecule has 0 unspecified atom stereocenters. The minimum Gasteiger partial charge on any atom is -0.502 e. The van der Waals surface area contributed by atoms with Gasteiger partial charge in [0.1, 0.15) is 5.58 Å². The van der Waals surface area contributed by atoms with Crippen LogP contribution in [0.1, 0.15) is 23.7 Å². The van der Waals surface area contributed by atoms with E-state index in [1.165, 1.54) is 17.7 Å². The molecule has 1 atom stereocenters. The number of carbonyl (C=O) groups is 1. The Balaban J connectivity index is 2.03. The van der Waals surface area contributed by atoms with Gasteiger partial charge in [0.05, 0.1) is 30.4 Å². The van der Waals surface area contributed by atoms with E-state index in [4.69, 9.17) is 9.15 Å². The predicted molar refractivity (Wildman–Crippen MR) is 112 cm³/mol. The third-order valence-corrected chi connectivity index (χ3v) is 5.25. The number of para-hydroxylation sites is 2. The number of hydrogen-bond donors (Lipinski definition) is 1. The smallest absolute Gasteiger partial charge is 0.306 e. The average Bonchev–Trinajstić information content (AvgIpc) is 2.77. The van der Waals surface area contributed by atoms with Crippen LogP contribution in [0.15, 0.2) is 68.6 Å². The molecule has 0 aliphatic rings. The summed E-state index contributed by atoms with van der Waals surface area (Å²) in [5.41, 5.74) is 0.197. The molecule has 0 bridgehead atoms. The molecular formula is C23H19NO6. The first-order valence-corrected chi connectivity index (χ1v) is 9.32. The topological polar surface area (TPSA) is 98.7 Å². The average molecular weight is 405 g/mol. The molecule has 7 nitrogen and oxygen atoms in total. The van der Waals surface area contributed by atoms with Gasteiger partial charge in [-0.25, -0.2) is 0 Å². The molecule has 4 aromatic rings. The van der Waals surface area contributed by atoms with Gasteiger partial charge in [0.15, 0.2) is 5.76 Å². The lowest BCUT2D eigenvalue weighted by Crippen LogP contribution is -2.26. The summed E-state index contributed by atoms with van der Waals surface area (Å²) in [4.78, 5) is 38.0. The van der Waals surface area contributed by atoms with Crippen LogP contribution in [-0.2, 0) is 16.6 Å². The minimum atomic E-state index is -1.00. The third kappa shape index (κ3) is 3.14. The number of carbonyl (C=O) groups excluding carboxylic acids is 1. The van der Waals surface area contributed by atoms with E-state index in [-0.39, 0.29) is 34.3 Å². The fraction of sp³-hybridized carbons (Fsp3) is 0.174. The van der Waals surface area contributed by atoms with Crippen LogP contribution in [0.2, 0.25) is 0 Å². The van der Waals surface area contributed by atoms with Gasteiger partial charge in [-0.2, -0.15) is 0 Å². The number of fused-ring (bicyclic) bond motifs is 2. The zero-order valence-electron chi connectivity index (χ0n) is 16.4. The van der Waals surface area contributed by atoms with E-state index < -0.39 is 23.1 Å². The molecule has 0 saturated carbocycles. The van der Waals surface area contributed by atoms with Crippen molar-refractivity contribution < 1.29 is 19.1 Å². The molecule has 0 fully saturated rings. The third-order valence-electron chi connectivity index (χ3n) is 5.25. The molecule has 30 heavy (non-hydrogen) atoms. The van der Waals surface area contributed by atoms with Crippen molar-refractivity contribution in [3.8, 4) is 5.75 Å². The van der Waals surface area contributed by atoms with Gasteiger partial charge < -0.3 is 18.8 Å². The maximum absolute atomic E-state index is 13.1. The second-order valence-electron chi connectivity index (χ2n) is 7.00. The van der Waals surface area contributed by atoms with Crippen LogP contribution in [0.25, 0.3) is 21.9 Å². The molecule has 152 valence electrons. The largest absolute Gasteiger partial charge is 0.502 e. The number of benzene rings is 2. The van der Waals surface area contributed by atoms with Crippen molar-refractivity contribution in [1.29, 1.82) is 0 Å². The van der Waals surface area contributed by atoms with Gasteiger partial charge in [0.25, 0.3) is 5.56 Å². The highest BCUT2D eigenvalue weighted by Gasteiger charge is 2.29. The molecule has 0 amide bonds. The number of methoxy groups -OCH3 is 1. The highest BCUT2D eigenvalue weighted by atomic mass is 16.5. The van der Waals surface area contributed by atoms with Crippen LogP contribution >= 0.6 is 0 Å². The second kappa shape index (κ2) is 7.51. The normalized spacial score (nSPS) is 12.2. The van der Waals surface area contributed by atoms with E-state index in [0.717, 1.165) is 5.39 Å². The summed E-state index contributed by atoms with van der Waals surface area (Å²) < 4.78 is 12.1. The fourth-order valence-corrected chi connectivity index (χ4v) is 3.68. The van der Waals surface area contributed by atoms with Gasteiger partial charge in [0, 0.05) is 12.6 Å². The van der Waals surface area contributed by atoms with Gasteiger partial charge in [-0.1, -0.05) is 30.3 Å². The molecule has 2 aromatic carbocycles. The van der Waals surface area contributed by atoms with Crippen molar-refractivity contribution >= 4 is 27.8 Å².